The van der Waals surface area contributed by atoms with Crippen LogP contribution < -0.4 is 5.32 Å². The molecule has 0 aliphatic carbocycles. The van der Waals surface area contributed by atoms with Gasteiger partial charge in [0.25, 0.3) is 5.91 Å². The van der Waals surface area contributed by atoms with Gasteiger partial charge in [-0.25, -0.2) is 9.37 Å². The molecule has 0 bridgehead atoms. The summed E-state index contributed by atoms with van der Waals surface area (Å²) in [7, 11) is 0. The minimum Gasteiger partial charge on any atom is -0.506 e. The van der Waals surface area contributed by atoms with Crippen LogP contribution in [0, 0.1) is 19.7 Å². The normalized spacial score (nSPS) is 11.1. The fraction of sp³-hybridized carbons (Fsp3) is 0.100. The van der Waals surface area contributed by atoms with Crippen LogP contribution in [-0.2, 0) is 0 Å². The third-order valence-corrected chi connectivity index (χ3v) is 5.46. The average Bonchev–Trinajstić information content (AvgIpc) is 3.18. The van der Waals surface area contributed by atoms with Gasteiger partial charge < -0.3 is 10.4 Å². The maximum atomic E-state index is 13.1. The van der Waals surface area contributed by atoms with Crippen LogP contribution in [0.3, 0.4) is 0 Å². The number of anilines is 1. The number of nitrogens with one attached hydrogen (secondary N) is 1. The first-order chi connectivity index (χ1) is 12.9. The molecule has 0 saturated carbocycles. The lowest BCUT2D eigenvalue weighted by atomic mass is 10.2. The van der Waals surface area contributed by atoms with Crippen molar-refractivity contribution in [2.24, 2.45) is 0 Å². The van der Waals surface area contributed by atoms with Crippen LogP contribution >= 0.6 is 11.3 Å². The van der Waals surface area contributed by atoms with Gasteiger partial charge >= 0.3 is 0 Å². The summed E-state index contributed by atoms with van der Waals surface area (Å²) in [5.41, 5.74) is 3.54. The van der Waals surface area contributed by atoms with Crippen LogP contribution in [-0.4, -0.2) is 20.4 Å². The molecule has 2 aromatic carbocycles. The molecule has 1 amide bonds. The van der Waals surface area contributed by atoms with Crippen LogP contribution in [0.2, 0.25) is 0 Å². The number of imidazole rings is 1. The summed E-state index contributed by atoms with van der Waals surface area (Å²) < 4.78 is 14.9. The highest BCUT2D eigenvalue weighted by Crippen LogP contribution is 2.29. The largest absolute Gasteiger partial charge is 0.506 e. The second kappa shape index (κ2) is 6.51. The molecule has 2 aromatic heterocycles. The van der Waals surface area contributed by atoms with Crippen molar-refractivity contribution in [2.75, 3.05) is 5.32 Å². The Bertz CT molecular complexity index is 1160. The lowest BCUT2D eigenvalue weighted by Gasteiger charge is -2.07. The van der Waals surface area contributed by atoms with Gasteiger partial charge in [0.2, 0.25) is 0 Å². The molecular formula is C20H16FN3O2S. The number of aromatic hydroxyl groups is 1. The van der Waals surface area contributed by atoms with Crippen molar-refractivity contribution in [3.8, 4) is 17.0 Å². The smallest absolute Gasteiger partial charge is 0.267 e. The second-order valence-electron chi connectivity index (χ2n) is 6.28. The molecule has 0 aliphatic rings. The number of aryl methyl sites for hydroxylation is 2. The number of carbonyl (C=O) groups is 1. The molecule has 4 aromatic rings. The molecule has 4 rings (SSSR count). The highest BCUT2D eigenvalue weighted by Gasteiger charge is 2.19. The minimum absolute atomic E-state index is 0.0286. The lowest BCUT2D eigenvalue weighted by Crippen LogP contribution is -2.12. The summed E-state index contributed by atoms with van der Waals surface area (Å²) in [5.74, 6) is -0.569. The highest BCUT2D eigenvalue weighted by molar-refractivity contribution is 7.19. The summed E-state index contributed by atoms with van der Waals surface area (Å²) >= 11 is 1.26. The van der Waals surface area contributed by atoms with E-state index in [-0.39, 0.29) is 17.5 Å². The highest BCUT2D eigenvalue weighted by atomic mass is 32.1. The zero-order valence-electron chi connectivity index (χ0n) is 14.7. The van der Waals surface area contributed by atoms with Crippen molar-refractivity contribution < 1.29 is 14.3 Å². The molecule has 5 nitrogen and oxygen atoms in total. The molecule has 0 aliphatic heterocycles. The van der Waals surface area contributed by atoms with E-state index < -0.39 is 0 Å². The van der Waals surface area contributed by atoms with E-state index in [1.165, 1.54) is 23.5 Å². The van der Waals surface area contributed by atoms with E-state index in [1.807, 2.05) is 30.5 Å². The summed E-state index contributed by atoms with van der Waals surface area (Å²) in [6.45, 7) is 3.70. The van der Waals surface area contributed by atoms with Crippen LogP contribution in [0.25, 0.3) is 16.2 Å². The monoisotopic (exact) mass is 381 g/mol. The number of halogens is 1. The van der Waals surface area contributed by atoms with E-state index in [9.17, 15) is 14.3 Å². The Kier molecular flexibility index (Phi) is 4.16. The Morgan fingerprint density at radius 2 is 1.93 bits per heavy atom. The fourth-order valence-corrected chi connectivity index (χ4v) is 3.85. The van der Waals surface area contributed by atoms with Gasteiger partial charge in [0.05, 0.1) is 11.4 Å². The van der Waals surface area contributed by atoms with Crippen LogP contribution in [0.5, 0.6) is 5.75 Å². The number of rotatable bonds is 3. The number of hydrogen-bond acceptors (Lipinski definition) is 4. The summed E-state index contributed by atoms with van der Waals surface area (Å²) in [5, 5.41) is 12.7. The Morgan fingerprint density at radius 3 is 2.59 bits per heavy atom. The van der Waals surface area contributed by atoms with Gasteiger partial charge in [0.1, 0.15) is 16.4 Å². The van der Waals surface area contributed by atoms with E-state index in [1.54, 1.807) is 24.3 Å². The molecule has 0 atom stereocenters. The van der Waals surface area contributed by atoms with Crippen molar-refractivity contribution in [2.45, 2.75) is 13.8 Å². The van der Waals surface area contributed by atoms with Gasteiger partial charge in [0, 0.05) is 17.5 Å². The molecular weight excluding hydrogens is 365 g/mol. The Morgan fingerprint density at radius 1 is 1.19 bits per heavy atom. The number of carbonyl (C=O) groups excluding carboxylic acids is 1. The minimum atomic E-state index is -0.300. The molecule has 0 unspecified atom stereocenters. The first-order valence-electron chi connectivity index (χ1n) is 8.28. The summed E-state index contributed by atoms with van der Waals surface area (Å²) in [6, 6.07) is 11.2. The van der Waals surface area contributed by atoms with Crippen molar-refractivity contribution in [3.63, 3.8) is 0 Å². The van der Waals surface area contributed by atoms with Crippen LogP contribution in [0.4, 0.5) is 10.1 Å². The van der Waals surface area contributed by atoms with E-state index in [0.717, 1.165) is 16.8 Å². The number of hydrogen-bond donors (Lipinski definition) is 2. The van der Waals surface area contributed by atoms with E-state index >= 15 is 0 Å². The molecule has 27 heavy (non-hydrogen) atoms. The predicted octanol–water partition coefficient (Wildman–Crippen LogP) is 4.78. The number of nitrogens with zero attached hydrogens (tertiary/aromatic N) is 2. The fourth-order valence-electron chi connectivity index (χ4n) is 2.85. The zero-order valence-corrected chi connectivity index (χ0v) is 15.5. The third-order valence-electron chi connectivity index (χ3n) is 4.30. The number of phenols is 1. The number of benzene rings is 2. The Balaban J connectivity index is 1.64. The van der Waals surface area contributed by atoms with Gasteiger partial charge in [0.15, 0.2) is 4.96 Å². The molecule has 136 valence electrons. The molecule has 0 radical (unpaired) electrons. The van der Waals surface area contributed by atoms with Gasteiger partial charge in [-0.3, -0.25) is 9.20 Å². The van der Waals surface area contributed by atoms with Gasteiger partial charge in [-0.15, -0.1) is 0 Å². The van der Waals surface area contributed by atoms with Crippen molar-refractivity contribution in [1.82, 2.24) is 9.38 Å². The molecule has 0 spiro atoms. The van der Waals surface area contributed by atoms with Gasteiger partial charge in [-0.1, -0.05) is 17.4 Å². The van der Waals surface area contributed by atoms with E-state index in [2.05, 4.69) is 10.3 Å². The molecule has 2 heterocycles. The summed E-state index contributed by atoms with van der Waals surface area (Å²) in [6.07, 6.45) is 1.83. The molecule has 7 heteroatoms. The van der Waals surface area contributed by atoms with Gasteiger partial charge in [-0.05, 0) is 55.8 Å². The average molecular weight is 381 g/mol. The maximum Gasteiger partial charge on any atom is 0.267 e. The predicted molar refractivity (Wildman–Crippen MR) is 104 cm³/mol. The van der Waals surface area contributed by atoms with Crippen molar-refractivity contribution in [3.05, 3.63) is 70.6 Å². The number of phenolic OH excluding ortho intramolecular Hbond substituents is 1. The number of aromatic nitrogens is 2. The Hall–Kier alpha value is -3.19. The van der Waals surface area contributed by atoms with Crippen molar-refractivity contribution >= 4 is 27.9 Å². The summed E-state index contributed by atoms with van der Waals surface area (Å²) in [4.78, 5) is 18.4. The van der Waals surface area contributed by atoms with E-state index in [4.69, 9.17) is 0 Å². The Labute approximate surface area is 158 Å². The third kappa shape index (κ3) is 3.17. The molecule has 2 N–H and O–H groups in total. The second-order valence-corrected chi connectivity index (χ2v) is 7.25. The lowest BCUT2D eigenvalue weighted by molar-refractivity contribution is 0.102. The molecule has 0 saturated heterocycles. The van der Waals surface area contributed by atoms with Crippen LogP contribution in [0.15, 0.2) is 48.7 Å². The van der Waals surface area contributed by atoms with Gasteiger partial charge in [-0.2, -0.15) is 0 Å². The zero-order chi connectivity index (χ0) is 19.1. The number of amides is 1. The van der Waals surface area contributed by atoms with Crippen LogP contribution in [0.1, 0.15) is 20.9 Å². The topological polar surface area (TPSA) is 66.6 Å². The quantitative estimate of drug-likeness (QED) is 0.502. The molecule has 0 fully saturated rings. The first kappa shape index (κ1) is 17.2. The standard InChI is InChI=1S/C20H16FN3O2S/c1-11-3-8-15(17(25)9-11)22-19(26)18-12(2)24-10-16(23-20(24)27-18)13-4-6-14(21)7-5-13/h3-10,25H,1-2H3,(H,22,26). The first-order valence-corrected chi connectivity index (χ1v) is 9.09. The van der Waals surface area contributed by atoms with E-state index in [0.29, 0.717) is 21.2 Å². The van der Waals surface area contributed by atoms with Crippen molar-refractivity contribution in [1.29, 1.82) is 0 Å². The number of fused-ring (bicyclic) bond motifs is 1. The maximum absolute atomic E-state index is 13.1. The number of thiazole rings is 1. The SMILES string of the molecule is Cc1ccc(NC(=O)c2sc3nc(-c4ccc(F)cc4)cn3c2C)c(O)c1.